The van der Waals surface area contributed by atoms with Crippen LogP contribution in [0, 0.1) is 0 Å². The van der Waals surface area contributed by atoms with Gasteiger partial charge in [0, 0.05) is 12.3 Å². The maximum absolute atomic E-state index is 4.95. The van der Waals surface area contributed by atoms with E-state index < -0.39 is 0 Å². The predicted molar refractivity (Wildman–Crippen MR) is 43.2 cm³/mol. The Bertz CT molecular complexity index is 226. The molecule has 0 fully saturated rings. The molecule has 0 bridgehead atoms. The van der Waals surface area contributed by atoms with Crippen LogP contribution in [0.3, 0.4) is 0 Å². The molecule has 1 rings (SSSR count). The number of thiocarbonyl (C=S) groups is 1. The van der Waals surface area contributed by atoms with Crippen LogP contribution in [0.2, 0.25) is 0 Å². The van der Waals surface area contributed by atoms with Gasteiger partial charge in [-0.15, -0.1) is 0 Å². The molecule has 0 aliphatic heterocycles. The van der Waals surface area contributed by atoms with E-state index in [9.17, 15) is 0 Å². The zero-order valence-electron chi connectivity index (χ0n) is 5.07. The number of hydrogen-bond acceptors (Lipinski definition) is 3. The van der Waals surface area contributed by atoms with Crippen LogP contribution in [-0.4, -0.2) is 19.9 Å². The summed E-state index contributed by atoms with van der Waals surface area (Å²) in [6.45, 7) is 0. The minimum atomic E-state index is 0.290. The standard InChI is InChI=1S/C6H4NOSSi/c9-6(10)8-5-3-1-2-4-7-5/h1-4H. The van der Waals surface area contributed by atoms with E-state index in [-0.39, 0.29) is 0 Å². The highest BCUT2D eigenvalue weighted by atomic mass is 32.1. The largest absolute Gasteiger partial charge is 0.438 e. The Morgan fingerprint density at radius 2 is 2.40 bits per heavy atom. The second-order valence-corrected chi connectivity index (χ2v) is 2.74. The van der Waals surface area contributed by atoms with Gasteiger partial charge in [0.2, 0.25) is 5.88 Å². The molecule has 0 aromatic carbocycles. The molecule has 0 saturated heterocycles. The number of hydrogen-bond donors (Lipinski definition) is 0. The lowest BCUT2D eigenvalue weighted by Gasteiger charge is -1.98. The van der Waals surface area contributed by atoms with Crippen LogP contribution >= 0.6 is 12.2 Å². The summed E-state index contributed by atoms with van der Waals surface area (Å²) in [4.78, 5) is 3.88. The van der Waals surface area contributed by atoms with Crippen molar-refractivity contribution in [2.24, 2.45) is 0 Å². The number of nitrogens with zero attached hydrogens (tertiary/aromatic N) is 1. The van der Waals surface area contributed by atoms with Crippen molar-refractivity contribution in [2.45, 2.75) is 0 Å². The zero-order chi connectivity index (χ0) is 7.40. The van der Waals surface area contributed by atoms with E-state index in [1.807, 2.05) is 12.1 Å². The molecule has 10 heavy (non-hydrogen) atoms. The van der Waals surface area contributed by atoms with Crippen molar-refractivity contribution in [1.82, 2.24) is 4.98 Å². The normalized spacial score (nSPS) is 8.90. The molecular formula is C6H4NOSSi. The van der Waals surface area contributed by atoms with Gasteiger partial charge < -0.3 is 4.74 Å². The first-order chi connectivity index (χ1) is 4.79. The van der Waals surface area contributed by atoms with Gasteiger partial charge in [-0.3, -0.25) is 0 Å². The van der Waals surface area contributed by atoms with Gasteiger partial charge in [-0.1, -0.05) is 18.3 Å². The topological polar surface area (TPSA) is 22.1 Å². The van der Waals surface area contributed by atoms with E-state index in [1.165, 1.54) is 0 Å². The lowest BCUT2D eigenvalue weighted by Crippen LogP contribution is -2.04. The number of aromatic nitrogens is 1. The maximum atomic E-state index is 4.95. The summed E-state index contributed by atoms with van der Waals surface area (Å²) in [6.07, 6.45) is 1.64. The molecule has 1 aromatic heterocycles. The fourth-order valence-electron chi connectivity index (χ4n) is 0.502. The second-order valence-electron chi connectivity index (χ2n) is 1.56. The smallest absolute Gasteiger partial charge is 0.219 e. The van der Waals surface area contributed by atoms with Gasteiger partial charge in [0.1, 0.15) is 14.9 Å². The minimum absolute atomic E-state index is 0.290. The maximum Gasteiger partial charge on any atom is 0.219 e. The number of rotatable bonds is 1. The van der Waals surface area contributed by atoms with Gasteiger partial charge >= 0.3 is 0 Å². The van der Waals surface area contributed by atoms with Crippen molar-refractivity contribution in [3.63, 3.8) is 0 Å². The molecule has 0 amide bonds. The quantitative estimate of drug-likeness (QED) is 0.457. The van der Waals surface area contributed by atoms with Crippen LogP contribution in [-0.2, 0) is 0 Å². The molecular weight excluding hydrogens is 162 g/mol. The van der Waals surface area contributed by atoms with Gasteiger partial charge in [0.15, 0.2) is 0 Å². The molecule has 1 heterocycles. The Morgan fingerprint density at radius 1 is 1.60 bits per heavy atom. The highest BCUT2D eigenvalue weighted by Crippen LogP contribution is 2.02. The molecule has 0 spiro atoms. The highest BCUT2D eigenvalue weighted by Gasteiger charge is 1.91. The van der Waals surface area contributed by atoms with Gasteiger partial charge in [0.05, 0.1) is 0 Å². The molecule has 0 atom stereocenters. The Morgan fingerprint density at radius 3 is 2.90 bits per heavy atom. The minimum Gasteiger partial charge on any atom is -0.438 e. The molecule has 3 radical (unpaired) electrons. The Labute approximate surface area is 67.7 Å². The lowest BCUT2D eigenvalue weighted by molar-refractivity contribution is 0.552. The van der Waals surface area contributed by atoms with Crippen LogP contribution < -0.4 is 4.74 Å². The lowest BCUT2D eigenvalue weighted by atomic mass is 10.5. The fourth-order valence-corrected chi connectivity index (χ4v) is 0.692. The molecule has 0 aliphatic carbocycles. The Hall–Kier alpha value is -0.743. The van der Waals surface area contributed by atoms with Gasteiger partial charge in [0.25, 0.3) is 0 Å². The first kappa shape index (κ1) is 7.36. The fraction of sp³-hybridized carbons (Fsp3) is 0. The molecule has 49 valence electrons. The predicted octanol–water partition coefficient (Wildman–Crippen LogP) is 0.914. The summed E-state index contributed by atoms with van der Waals surface area (Å²) in [5, 5.41) is 0. The summed E-state index contributed by atoms with van der Waals surface area (Å²) < 4.78 is 5.24. The van der Waals surface area contributed by atoms with E-state index in [2.05, 4.69) is 27.4 Å². The van der Waals surface area contributed by atoms with E-state index in [0.717, 1.165) is 0 Å². The van der Waals surface area contributed by atoms with Crippen molar-refractivity contribution < 1.29 is 4.74 Å². The van der Waals surface area contributed by atoms with Crippen molar-refractivity contribution in [1.29, 1.82) is 0 Å². The van der Waals surface area contributed by atoms with Crippen LogP contribution in [0.15, 0.2) is 24.4 Å². The first-order valence-corrected chi connectivity index (χ1v) is 3.54. The van der Waals surface area contributed by atoms with E-state index >= 15 is 0 Å². The highest BCUT2D eigenvalue weighted by molar-refractivity contribution is 7.82. The van der Waals surface area contributed by atoms with Gasteiger partial charge in [-0.2, -0.15) is 0 Å². The van der Waals surface area contributed by atoms with E-state index in [0.29, 0.717) is 10.6 Å². The van der Waals surface area contributed by atoms with Crippen molar-refractivity contribution in [3.05, 3.63) is 24.4 Å². The van der Waals surface area contributed by atoms with Crippen LogP contribution in [0.5, 0.6) is 5.88 Å². The summed E-state index contributed by atoms with van der Waals surface area (Å²) >= 11 is 4.63. The monoisotopic (exact) mass is 166 g/mol. The first-order valence-electron chi connectivity index (χ1n) is 2.63. The Balaban J connectivity index is 2.67. The van der Waals surface area contributed by atoms with Crippen molar-refractivity contribution in [2.75, 3.05) is 0 Å². The molecule has 4 heteroatoms. The third kappa shape index (κ3) is 2.24. The number of pyridine rings is 1. The summed E-state index contributed by atoms with van der Waals surface area (Å²) in [5.41, 5.74) is 0. The Kier molecular flexibility index (Phi) is 2.53. The number of ether oxygens (including phenoxy) is 1. The van der Waals surface area contributed by atoms with Crippen LogP contribution in [0.1, 0.15) is 0 Å². The van der Waals surface area contributed by atoms with Crippen LogP contribution in [0.4, 0.5) is 0 Å². The summed E-state index contributed by atoms with van der Waals surface area (Å²) in [6, 6.07) is 5.36. The van der Waals surface area contributed by atoms with E-state index in [1.54, 1.807) is 12.3 Å². The molecule has 0 saturated carbocycles. The SMILES string of the molecule is [Si]C(=S)Oc1ccccn1. The molecule has 2 nitrogen and oxygen atoms in total. The summed E-state index contributed by atoms with van der Waals surface area (Å²) in [5.74, 6) is 0.502. The third-order valence-corrected chi connectivity index (χ3v) is 1.02. The van der Waals surface area contributed by atoms with Gasteiger partial charge in [-0.25, -0.2) is 4.98 Å². The zero-order valence-corrected chi connectivity index (χ0v) is 6.89. The van der Waals surface area contributed by atoms with Crippen LogP contribution in [0.25, 0.3) is 0 Å². The average molecular weight is 166 g/mol. The molecule has 0 aliphatic rings. The summed E-state index contributed by atoms with van der Waals surface area (Å²) in [7, 11) is 3.03. The molecule has 0 N–H and O–H groups in total. The van der Waals surface area contributed by atoms with Crippen molar-refractivity contribution in [3.8, 4) is 5.88 Å². The second kappa shape index (κ2) is 3.43. The third-order valence-electron chi connectivity index (χ3n) is 0.835. The van der Waals surface area contributed by atoms with Crippen molar-refractivity contribution >= 4 is 27.1 Å². The molecule has 0 unspecified atom stereocenters. The molecule has 1 aromatic rings. The van der Waals surface area contributed by atoms with E-state index in [4.69, 9.17) is 4.74 Å². The van der Waals surface area contributed by atoms with Gasteiger partial charge in [-0.05, 0) is 6.07 Å². The average Bonchev–Trinajstić information content (AvgIpc) is 1.88.